The lowest BCUT2D eigenvalue weighted by Crippen LogP contribution is -2.48. The highest BCUT2D eigenvalue weighted by Crippen LogP contribution is 2.40. The third kappa shape index (κ3) is 5.73. The van der Waals surface area contributed by atoms with Gasteiger partial charge in [-0.2, -0.15) is 10.3 Å². The van der Waals surface area contributed by atoms with E-state index < -0.39 is 5.79 Å². The van der Waals surface area contributed by atoms with E-state index >= 15 is 0 Å². The summed E-state index contributed by atoms with van der Waals surface area (Å²) in [4.78, 5) is 15.3. The second kappa shape index (κ2) is 11.7. The SMILES string of the molecule is C=C1C(=NC#N)N(c2ccc(OCC3COC(Cn4ccnc4)(c4ccc(Cl)cc4Cl)O3)cc2)CCN1OC. The summed E-state index contributed by atoms with van der Waals surface area (Å²) in [6.45, 7) is 6.09. The van der Waals surface area contributed by atoms with Gasteiger partial charge in [0.2, 0.25) is 12.0 Å². The lowest BCUT2D eigenvalue weighted by Gasteiger charge is -2.37. The number of amidine groups is 1. The fraction of sp³-hybridized carbons (Fsp3) is 0.296. The van der Waals surface area contributed by atoms with Gasteiger partial charge in [0.1, 0.15) is 24.2 Å². The summed E-state index contributed by atoms with van der Waals surface area (Å²) in [5.41, 5.74) is 2.05. The molecule has 2 unspecified atom stereocenters. The number of ether oxygens (including phenoxy) is 3. The Bertz CT molecular complexity index is 1390. The largest absolute Gasteiger partial charge is 0.491 e. The molecule has 2 aliphatic rings. The van der Waals surface area contributed by atoms with Gasteiger partial charge in [0, 0.05) is 35.2 Å². The molecular formula is C27H26Cl2N6O4. The van der Waals surface area contributed by atoms with Crippen molar-refractivity contribution in [3.63, 3.8) is 0 Å². The van der Waals surface area contributed by atoms with E-state index in [4.69, 9.17) is 47.5 Å². The van der Waals surface area contributed by atoms with Crippen molar-refractivity contribution >= 4 is 34.7 Å². The summed E-state index contributed by atoms with van der Waals surface area (Å²) in [6, 6.07) is 12.8. The molecule has 202 valence electrons. The Morgan fingerprint density at radius 1 is 1.23 bits per heavy atom. The van der Waals surface area contributed by atoms with Gasteiger partial charge in [0.15, 0.2) is 5.84 Å². The number of hydrogen-bond acceptors (Lipinski definition) is 8. The molecule has 2 aromatic carbocycles. The van der Waals surface area contributed by atoms with Gasteiger partial charge in [-0.1, -0.05) is 35.8 Å². The summed E-state index contributed by atoms with van der Waals surface area (Å²) >= 11 is 12.7. The van der Waals surface area contributed by atoms with Gasteiger partial charge in [-0.05, 0) is 36.4 Å². The lowest BCUT2D eigenvalue weighted by molar-refractivity contribution is -0.189. The third-order valence-corrected chi connectivity index (χ3v) is 7.00. The van der Waals surface area contributed by atoms with Crippen LogP contribution in [-0.2, 0) is 26.6 Å². The Morgan fingerprint density at radius 2 is 2.05 bits per heavy atom. The molecule has 0 spiro atoms. The maximum absolute atomic E-state index is 9.16. The van der Waals surface area contributed by atoms with E-state index in [2.05, 4.69) is 16.6 Å². The number of nitrogens with zero attached hydrogens (tertiary/aromatic N) is 6. The standard InChI is InChI=1S/C27H26Cl2N6O4/c1-19-26(32-17-30)34(11-12-35(19)36-2)21-4-6-22(7-5-21)37-14-23-15-38-27(39-23,16-33-10-9-31-18-33)24-8-3-20(28)13-25(24)29/h3-10,13,18,23H,1,11-12,14-16H2,2H3. The molecule has 2 saturated heterocycles. The van der Waals surface area contributed by atoms with Crippen LogP contribution in [0.3, 0.4) is 0 Å². The van der Waals surface area contributed by atoms with Crippen LogP contribution in [0.1, 0.15) is 5.56 Å². The second-order valence-corrected chi connectivity index (χ2v) is 9.73. The average Bonchev–Trinajstić information content (AvgIpc) is 3.60. The number of nitriles is 1. The summed E-state index contributed by atoms with van der Waals surface area (Å²) in [5, 5.41) is 11.7. The molecule has 5 rings (SSSR count). The summed E-state index contributed by atoms with van der Waals surface area (Å²) in [6.07, 6.45) is 6.72. The molecule has 2 atom stereocenters. The number of imidazole rings is 1. The van der Waals surface area contributed by atoms with Crippen molar-refractivity contribution in [2.75, 3.05) is 38.3 Å². The first-order valence-corrected chi connectivity index (χ1v) is 12.9. The van der Waals surface area contributed by atoms with E-state index in [-0.39, 0.29) is 12.7 Å². The van der Waals surface area contributed by atoms with Crippen LogP contribution in [-0.4, -0.2) is 60.0 Å². The number of halogens is 2. The van der Waals surface area contributed by atoms with Crippen molar-refractivity contribution in [2.24, 2.45) is 4.99 Å². The fourth-order valence-corrected chi connectivity index (χ4v) is 5.16. The zero-order chi connectivity index (χ0) is 27.4. The highest BCUT2D eigenvalue weighted by Gasteiger charge is 2.45. The first-order chi connectivity index (χ1) is 18.9. The maximum Gasteiger partial charge on any atom is 0.215 e. The normalized spacial score (nSPS) is 22.4. The molecule has 12 heteroatoms. The molecular weight excluding hydrogens is 543 g/mol. The number of benzene rings is 2. The minimum Gasteiger partial charge on any atom is -0.491 e. The number of anilines is 1. The molecule has 39 heavy (non-hydrogen) atoms. The van der Waals surface area contributed by atoms with Crippen molar-refractivity contribution in [1.82, 2.24) is 14.6 Å². The van der Waals surface area contributed by atoms with E-state index in [0.29, 0.717) is 59.1 Å². The topological polar surface area (TPSA) is 97.4 Å². The Morgan fingerprint density at radius 3 is 2.74 bits per heavy atom. The molecule has 3 aromatic rings. The summed E-state index contributed by atoms with van der Waals surface area (Å²) in [5.74, 6) is -0.0262. The van der Waals surface area contributed by atoms with E-state index in [9.17, 15) is 0 Å². The third-order valence-electron chi connectivity index (χ3n) is 6.45. The molecule has 3 heterocycles. The van der Waals surface area contributed by atoms with Gasteiger partial charge >= 0.3 is 0 Å². The highest BCUT2D eigenvalue weighted by molar-refractivity contribution is 6.35. The van der Waals surface area contributed by atoms with Crippen LogP contribution in [0, 0.1) is 11.5 Å². The number of aromatic nitrogens is 2. The molecule has 2 fully saturated rings. The molecule has 0 saturated carbocycles. The second-order valence-electron chi connectivity index (χ2n) is 8.89. The van der Waals surface area contributed by atoms with Gasteiger partial charge in [0.25, 0.3) is 0 Å². The number of aliphatic imine (C=N–C) groups is 1. The minimum absolute atomic E-state index is 0.265. The van der Waals surface area contributed by atoms with Crippen LogP contribution >= 0.6 is 23.2 Å². The molecule has 0 amide bonds. The van der Waals surface area contributed by atoms with Gasteiger partial charge in [-0.3, -0.25) is 4.84 Å². The quantitative estimate of drug-likeness (QED) is 0.363. The van der Waals surface area contributed by atoms with Crippen molar-refractivity contribution in [3.05, 3.63) is 89.1 Å². The summed E-state index contributed by atoms with van der Waals surface area (Å²) in [7, 11) is 1.56. The van der Waals surface area contributed by atoms with Gasteiger partial charge in [0.05, 0.1) is 38.2 Å². The first kappa shape index (κ1) is 27.0. The van der Waals surface area contributed by atoms with Crippen LogP contribution in [0.2, 0.25) is 10.0 Å². The van der Waals surface area contributed by atoms with E-state index in [1.165, 1.54) is 0 Å². The Kier molecular flexibility index (Phi) is 8.07. The molecule has 0 bridgehead atoms. The van der Waals surface area contributed by atoms with Gasteiger partial charge in [-0.15, -0.1) is 0 Å². The molecule has 1 aromatic heterocycles. The van der Waals surface area contributed by atoms with E-state index in [0.717, 1.165) is 5.69 Å². The van der Waals surface area contributed by atoms with Gasteiger partial charge in [-0.25, -0.2) is 10.0 Å². The Hall–Kier alpha value is -3.59. The minimum atomic E-state index is -1.12. The van der Waals surface area contributed by atoms with E-state index in [1.807, 2.05) is 52.2 Å². The van der Waals surface area contributed by atoms with Crippen LogP contribution in [0.4, 0.5) is 5.69 Å². The molecule has 0 aliphatic carbocycles. The molecule has 10 nitrogen and oxygen atoms in total. The predicted octanol–water partition coefficient (Wildman–Crippen LogP) is 4.61. The van der Waals surface area contributed by atoms with E-state index in [1.54, 1.807) is 36.8 Å². The van der Waals surface area contributed by atoms with Crippen molar-refractivity contribution in [3.8, 4) is 11.9 Å². The zero-order valence-electron chi connectivity index (χ0n) is 21.2. The van der Waals surface area contributed by atoms with Gasteiger partial charge < -0.3 is 23.7 Å². The predicted molar refractivity (Wildman–Crippen MR) is 146 cm³/mol. The summed E-state index contributed by atoms with van der Waals surface area (Å²) < 4.78 is 20.6. The average molecular weight is 569 g/mol. The smallest absolute Gasteiger partial charge is 0.215 e. The number of hydrogen-bond donors (Lipinski definition) is 0. The van der Waals surface area contributed by atoms with Crippen molar-refractivity contribution in [2.45, 2.75) is 18.4 Å². The van der Waals surface area contributed by atoms with Crippen molar-refractivity contribution < 1.29 is 19.0 Å². The Balaban J connectivity index is 1.27. The molecule has 2 aliphatic heterocycles. The maximum atomic E-state index is 9.16. The van der Waals surface area contributed by atoms with Crippen LogP contribution in [0.15, 0.2) is 78.5 Å². The Labute approximate surface area is 236 Å². The van der Waals surface area contributed by atoms with Crippen LogP contribution in [0.25, 0.3) is 0 Å². The molecule has 0 radical (unpaired) electrons. The lowest BCUT2D eigenvalue weighted by atomic mass is 10.1. The number of hydroxylamine groups is 2. The van der Waals surface area contributed by atoms with Crippen molar-refractivity contribution in [1.29, 1.82) is 5.26 Å². The fourth-order valence-electron chi connectivity index (χ4n) is 4.61. The van der Waals surface area contributed by atoms with Crippen LogP contribution < -0.4 is 9.64 Å². The molecule has 0 N–H and O–H groups in total. The monoisotopic (exact) mass is 568 g/mol. The number of piperazine rings is 1. The number of rotatable bonds is 8. The zero-order valence-corrected chi connectivity index (χ0v) is 22.7. The van der Waals surface area contributed by atoms with Crippen LogP contribution in [0.5, 0.6) is 5.75 Å². The first-order valence-electron chi connectivity index (χ1n) is 12.1. The highest BCUT2D eigenvalue weighted by atomic mass is 35.5.